The minimum Gasteiger partial charge on any atom is -0.487 e. The maximum absolute atomic E-state index is 11.4. The average molecular weight is 282 g/mol. The Bertz CT molecular complexity index is 487. The fourth-order valence-electron chi connectivity index (χ4n) is 1.69. The van der Waals surface area contributed by atoms with Gasteiger partial charge in [-0.25, -0.2) is 0 Å². The number of carbonyl (C=O) groups is 1. The van der Waals surface area contributed by atoms with Crippen molar-refractivity contribution < 1.29 is 19.2 Å². The van der Waals surface area contributed by atoms with Gasteiger partial charge in [0.15, 0.2) is 5.75 Å². The van der Waals surface area contributed by atoms with Gasteiger partial charge in [0.05, 0.1) is 18.6 Å². The third-order valence-electron chi connectivity index (χ3n) is 2.81. The summed E-state index contributed by atoms with van der Waals surface area (Å²) in [5.41, 5.74) is 4.62. The number of para-hydroxylation sites is 2. The summed E-state index contributed by atoms with van der Waals surface area (Å²) in [5, 5.41) is 10.8. The van der Waals surface area contributed by atoms with Crippen molar-refractivity contribution in [2.24, 2.45) is 5.73 Å². The van der Waals surface area contributed by atoms with Crippen molar-refractivity contribution >= 4 is 11.7 Å². The van der Waals surface area contributed by atoms with Crippen LogP contribution in [0.3, 0.4) is 0 Å². The van der Waals surface area contributed by atoms with Crippen molar-refractivity contribution in [3.05, 3.63) is 34.4 Å². The molecule has 7 nitrogen and oxygen atoms in total. The summed E-state index contributed by atoms with van der Waals surface area (Å²) in [4.78, 5) is 21.6. The Balaban J connectivity index is 2.50. The molecule has 0 aromatic heterocycles. The molecule has 0 aliphatic rings. The van der Waals surface area contributed by atoms with E-state index in [9.17, 15) is 14.9 Å². The first-order valence-electron chi connectivity index (χ1n) is 6.12. The predicted molar refractivity (Wildman–Crippen MR) is 72.4 cm³/mol. The highest BCUT2D eigenvalue weighted by atomic mass is 16.6. The number of nitrogens with two attached hydrogens (primary N) is 1. The van der Waals surface area contributed by atoms with E-state index in [1.165, 1.54) is 19.2 Å². The average Bonchev–Trinajstić information content (AvgIpc) is 2.42. The minimum absolute atomic E-state index is 0.0871. The molecular formula is C13H18N2O5. The van der Waals surface area contributed by atoms with Gasteiger partial charge in [-0.2, -0.15) is 0 Å². The number of esters is 1. The molecule has 0 fully saturated rings. The van der Waals surface area contributed by atoms with Crippen LogP contribution in [0.4, 0.5) is 5.69 Å². The SMILES string of the molecule is COC(=O)C(C)(N)CCCOc1ccccc1[N+](=O)[O-]. The molecule has 0 aliphatic carbocycles. The van der Waals surface area contributed by atoms with Gasteiger partial charge in [0.2, 0.25) is 0 Å². The molecule has 0 radical (unpaired) electrons. The summed E-state index contributed by atoms with van der Waals surface area (Å²) in [6.45, 7) is 1.80. The third kappa shape index (κ3) is 4.20. The van der Waals surface area contributed by atoms with Crippen LogP contribution >= 0.6 is 0 Å². The first-order valence-corrected chi connectivity index (χ1v) is 6.12. The number of methoxy groups -OCH3 is 1. The van der Waals surface area contributed by atoms with Crippen LogP contribution in [0.1, 0.15) is 19.8 Å². The fraction of sp³-hybridized carbons (Fsp3) is 0.462. The van der Waals surface area contributed by atoms with Gasteiger partial charge >= 0.3 is 11.7 Å². The van der Waals surface area contributed by atoms with Crippen LogP contribution in [-0.2, 0) is 9.53 Å². The lowest BCUT2D eigenvalue weighted by atomic mass is 9.98. The highest BCUT2D eigenvalue weighted by molar-refractivity contribution is 5.79. The zero-order valence-electron chi connectivity index (χ0n) is 11.5. The van der Waals surface area contributed by atoms with Gasteiger partial charge in [-0.15, -0.1) is 0 Å². The molecule has 0 saturated carbocycles. The van der Waals surface area contributed by atoms with E-state index in [1.54, 1.807) is 19.1 Å². The molecule has 0 bridgehead atoms. The first kappa shape index (κ1) is 15.9. The summed E-state index contributed by atoms with van der Waals surface area (Å²) >= 11 is 0. The zero-order valence-corrected chi connectivity index (χ0v) is 11.5. The van der Waals surface area contributed by atoms with Crippen molar-refractivity contribution in [2.45, 2.75) is 25.3 Å². The van der Waals surface area contributed by atoms with E-state index in [1.807, 2.05) is 0 Å². The normalized spacial score (nSPS) is 13.3. The van der Waals surface area contributed by atoms with Crippen LogP contribution in [0, 0.1) is 10.1 Å². The number of hydrogen-bond acceptors (Lipinski definition) is 6. The molecule has 1 unspecified atom stereocenters. The summed E-state index contributed by atoms with van der Waals surface area (Å²) in [6.07, 6.45) is 0.842. The second-order valence-corrected chi connectivity index (χ2v) is 4.59. The Morgan fingerprint density at radius 2 is 2.10 bits per heavy atom. The number of carbonyl (C=O) groups excluding carboxylic acids is 1. The van der Waals surface area contributed by atoms with Crippen LogP contribution in [0.5, 0.6) is 5.75 Å². The van der Waals surface area contributed by atoms with E-state index in [4.69, 9.17) is 10.5 Å². The molecule has 0 amide bonds. The Morgan fingerprint density at radius 1 is 1.45 bits per heavy atom. The predicted octanol–water partition coefficient (Wildman–Crippen LogP) is 1.64. The molecule has 1 aromatic rings. The van der Waals surface area contributed by atoms with Crippen molar-refractivity contribution in [2.75, 3.05) is 13.7 Å². The van der Waals surface area contributed by atoms with Gasteiger partial charge in [0.25, 0.3) is 0 Å². The summed E-state index contributed by atoms with van der Waals surface area (Å²) in [6, 6.07) is 6.12. The van der Waals surface area contributed by atoms with Gasteiger partial charge in [-0.05, 0) is 25.8 Å². The van der Waals surface area contributed by atoms with E-state index in [0.717, 1.165) is 0 Å². The smallest absolute Gasteiger partial charge is 0.325 e. The number of ether oxygens (including phenoxy) is 2. The molecule has 1 rings (SSSR count). The monoisotopic (exact) mass is 282 g/mol. The van der Waals surface area contributed by atoms with Crippen LogP contribution in [0.15, 0.2) is 24.3 Å². The number of benzene rings is 1. The van der Waals surface area contributed by atoms with Crippen molar-refractivity contribution in [1.82, 2.24) is 0 Å². The minimum atomic E-state index is -1.08. The summed E-state index contributed by atoms with van der Waals surface area (Å²) in [5.74, 6) is -0.294. The molecule has 0 spiro atoms. The van der Waals surface area contributed by atoms with E-state index in [0.29, 0.717) is 12.8 Å². The molecule has 0 heterocycles. The molecule has 110 valence electrons. The van der Waals surface area contributed by atoms with E-state index < -0.39 is 16.4 Å². The van der Waals surface area contributed by atoms with Gasteiger partial charge in [-0.3, -0.25) is 14.9 Å². The topological polar surface area (TPSA) is 105 Å². The number of hydrogen-bond donors (Lipinski definition) is 1. The van der Waals surface area contributed by atoms with Gasteiger partial charge in [0, 0.05) is 6.07 Å². The molecule has 0 saturated heterocycles. The second kappa shape index (κ2) is 6.85. The fourth-order valence-corrected chi connectivity index (χ4v) is 1.69. The lowest BCUT2D eigenvalue weighted by Crippen LogP contribution is -2.45. The van der Waals surface area contributed by atoms with Crippen LogP contribution < -0.4 is 10.5 Å². The first-order chi connectivity index (χ1) is 9.38. The third-order valence-corrected chi connectivity index (χ3v) is 2.81. The summed E-state index contributed by atoms with van der Waals surface area (Å²) in [7, 11) is 1.28. The Kier molecular flexibility index (Phi) is 5.45. The Hall–Kier alpha value is -2.15. The molecule has 20 heavy (non-hydrogen) atoms. The molecule has 7 heteroatoms. The van der Waals surface area contributed by atoms with Crippen molar-refractivity contribution in [3.8, 4) is 5.75 Å². The van der Waals surface area contributed by atoms with E-state index >= 15 is 0 Å². The molecular weight excluding hydrogens is 264 g/mol. The molecule has 0 aliphatic heterocycles. The standard InChI is InChI=1S/C13H18N2O5/c1-13(14,12(16)19-2)8-5-9-20-11-7-4-3-6-10(11)15(17)18/h3-4,6-7H,5,8-9,14H2,1-2H3. The summed E-state index contributed by atoms with van der Waals surface area (Å²) < 4.78 is 9.94. The Labute approximate surface area is 116 Å². The molecule has 1 atom stereocenters. The van der Waals surface area contributed by atoms with Gasteiger partial charge < -0.3 is 15.2 Å². The highest BCUT2D eigenvalue weighted by Crippen LogP contribution is 2.26. The molecule has 2 N–H and O–H groups in total. The van der Waals surface area contributed by atoms with Crippen molar-refractivity contribution in [1.29, 1.82) is 0 Å². The van der Waals surface area contributed by atoms with Crippen molar-refractivity contribution in [3.63, 3.8) is 0 Å². The quantitative estimate of drug-likeness (QED) is 0.353. The van der Waals surface area contributed by atoms with Crippen LogP contribution in [0.2, 0.25) is 0 Å². The maximum atomic E-state index is 11.4. The van der Waals surface area contributed by atoms with Crippen LogP contribution in [0.25, 0.3) is 0 Å². The maximum Gasteiger partial charge on any atom is 0.325 e. The number of nitro groups is 1. The highest BCUT2D eigenvalue weighted by Gasteiger charge is 2.28. The van der Waals surface area contributed by atoms with E-state index in [2.05, 4.69) is 4.74 Å². The lowest BCUT2D eigenvalue weighted by molar-refractivity contribution is -0.385. The van der Waals surface area contributed by atoms with Crippen LogP contribution in [-0.4, -0.2) is 30.1 Å². The second-order valence-electron chi connectivity index (χ2n) is 4.59. The number of nitro benzene ring substituents is 1. The molecule has 1 aromatic carbocycles. The number of nitrogens with zero attached hydrogens (tertiary/aromatic N) is 1. The van der Waals surface area contributed by atoms with E-state index in [-0.39, 0.29) is 18.0 Å². The van der Waals surface area contributed by atoms with Gasteiger partial charge in [-0.1, -0.05) is 12.1 Å². The Morgan fingerprint density at radius 3 is 2.70 bits per heavy atom. The largest absolute Gasteiger partial charge is 0.487 e. The van der Waals surface area contributed by atoms with Gasteiger partial charge in [0.1, 0.15) is 5.54 Å². The number of rotatable bonds is 7. The lowest BCUT2D eigenvalue weighted by Gasteiger charge is -2.21. The zero-order chi connectivity index (χ0) is 15.2.